The first kappa shape index (κ1) is 13.6. The number of carbonyl (C=O) groups excluding carboxylic acids is 1. The van der Waals surface area contributed by atoms with Crippen LogP contribution in [0.4, 0.5) is 11.4 Å². The lowest BCUT2D eigenvalue weighted by molar-refractivity contribution is -0.120. The van der Waals surface area contributed by atoms with Gasteiger partial charge in [0.1, 0.15) is 0 Å². The Balaban J connectivity index is 1.55. The third-order valence-electron chi connectivity index (χ3n) is 3.93. The fraction of sp³-hybridized carbons (Fsp3) is 0.294. The van der Waals surface area contributed by atoms with Crippen molar-refractivity contribution in [3.05, 3.63) is 54.9 Å². The lowest BCUT2D eigenvalue weighted by Crippen LogP contribution is -2.38. The largest absolute Gasteiger partial charge is 0.371 e. The minimum absolute atomic E-state index is 0.100. The van der Waals surface area contributed by atoms with Crippen LogP contribution in [0.25, 0.3) is 0 Å². The molecule has 1 amide bonds. The zero-order valence-electron chi connectivity index (χ0n) is 11.9. The molecule has 0 bridgehead atoms. The molecule has 1 saturated heterocycles. The minimum Gasteiger partial charge on any atom is -0.371 e. The fourth-order valence-corrected chi connectivity index (χ4v) is 2.72. The van der Waals surface area contributed by atoms with Gasteiger partial charge in [-0.05, 0) is 37.1 Å². The van der Waals surface area contributed by atoms with Crippen molar-refractivity contribution in [1.82, 2.24) is 4.98 Å². The Kier molecular flexibility index (Phi) is 4.15. The van der Waals surface area contributed by atoms with Crippen LogP contribution in [0, 0.1) is 5.92 Å². The molecule has 108 valence electrons. The van der Waals surface area contributed by atoms with Gasteiger partial charge in [0.25, 0.3) is 0 Å². The predicted molar refractivity (Wildman–Crippen MR) is 84.2 cm³/mol. The maximum atomic E-state index is 12.3. The first-order chi connectivity index (χ1) is 10.3. The Bertz CT molecular complexity index is 577. The Hall–Kier alpha value is -2.36. The third kappa shape index (κ3) is 3.40. The lowest BCUT2D eigenvalue weighted by Gasteiger charge is -2.32. The molecule has 2 aromatic rings. The Morgan fingerprint density at radius 1 is 1.05 bits per heavy atom. The first-order valence-electron chi connectivity index (χ1n) is 7.34. The summed E-state index contributed by atoms with van der Waals surface area (Å²) in [7, 11) is 0. The van der Waals surface area contributed by atoms with Crippen LogP contribution >= 0.6 is 0 Å². The van der Waals surface area contributed by atoms with Gasteiger partial charge in [-0.3, -0.25) is 9.78 Å². The standard InChI is InChI=1S/C17H19N3O/c21-17(19-15-4-2-1-3-5-15)14-8-12-20(13-9-14)16-6-10-18-11-7-16/h1-7,10-11,14H,8-9,12-13H2,(H,19,21). The van der Waals surface area contributed by atoms with E-state index in [4.69, 9.17) is 0 Å². The average Bonchev–Trinajstić information content (AvgIpc) is 2.57. The number of nitrogens with zero attached hydrogens (tertiary/aromatic N) is 2. The molecule has 1 aliphatic heterocycles. The number of amides is 1. The Morgan fingerprint density at radius 3 is 2.38 bits per heavy atom. The van der Waals surface area contributed by atoms with Crippen molar-refractivity contribution >= 4 is 17.3 Å². The van der Waals surface area contributed by atoms with Gasteiger partial charge in [-0.2, -0.15) is 0 Å². The van der Waals surface area contributed by atoms with Gasteiger partial charge in [-0.1, -0.05) is 18.2 Å². The van der Waals surface area contributed by atoms with Crippen molar-refractivity contribution < 1.29 is 4.79 Å². The molecule has 1 aromatic carbocycles. The number of hydrogen-bond donors (Lipinski definition) is 1. The van der Waals surface area contributed by atoms with Crippen LogP contribution in [-0.2, 0) is 4.79 Å². The predicted octanol–water partition coefficient (Wildman–Crippen LogP) is 2.94. The number of anilines is 2. The molecule has 4 nitrogen and oxygen atoms in total. The highest BCUT2D eigenvalue weighted by molar-refractivity contribution is 5.92. The number of nitrogens with one attached hydrogen (secondary N) is 1. The van der Waals surface area contributed by atoms with E-state index in [2.05, 4.69) is 15.2 Å². The topological polar surface area (TPSA) is 45.2 Å². The highest BCUT2D eigenvalue weighted by Gasteiger charge is 2.25. The van der Waals surface area contributed by atoms with Crippen molar-refractivity contribution in [3.63, 3.8) is 0 Å². The van der Waals surface area contributed by atoms with Crippen molar-refractivity contribution in [1.29, 1.82) is 0 Å². The van der Waals surface area contributed by atoms with Crippen LogP contribution in [0.3, 0.4) is 0 Å². The van der Waals surface area contributed by atoms with E-state index in [1.54, 1.807) is 0 Å². The highest BCUT2D eigenvalue weighted by atomic mass is 16.1. The second-order valence-electron chi connectivity index (χ2n) is 5.32. The SMILES string of the molecule is O=C(Nc1ccccc1)C1CCN(c2ccncc2)CC1. The van der Waals surface area contributed by atoms with Crippen LogP contribution in [0.5, 0.6) is 0 Å². The minimum atomic E-state index is 0.100. The summed E-state index contributed by atoms with van der Waals surface area (Å²) in [5.74, 6) is 0.235. The van der Waals surface area contributed by atoms with Crippen LogP contribution in [0.15, 0.2) is 54.9 Å². The third-order valence-corrected chi connectivity index (χ3v) is 3.93. The van der Waals surface area contributed by atoms with Crippen LogP contribution < -0.4 is 10.2 Å². The van der Waals surface area contributed by atoms with Crippen LogP contribution in [0.2, 0.25) is 0 Å². The molecule has 4 heteroatoms. The summed E-state index contributed by atoms with van der Waals surface area (Å²) in [6.45, 7) is 1.83. The van der Waals surface area contributed by atoms with Crippen molar-refractivity contribution in [2.75, 3.05) is 23.3 Å². The smallest absolute Gasteiger partial charge is 0.227 e. The molecule has 3 rings (SSSR count). The van der Waals surface area contributed by atoms with E-state index in [1.807, 2.05) is 54.9 Å². The van der Waals surface area contributed by atoms with Gasteiger partial charge in [0.15, 0.2) is 0 Å². The van der Waals surface area contributed by atoms with E-state index in [1.165, 1.54) is 5.69 Å². The second-order valence-corrected chi connectivity index (χ2v) is 5.32. The molecular weight excluding hydrogens is 262 g/mol. The van der Waals surface area contributed by atoms with Crippen LogP contribution in [-0.4, -0.2) is 24.0 Å². The van der Waals surface area contributed by atoms with E-state index in [-0.39, 0.29) is 11.8 Å². The summed E-state index contributed by atoms with van der Waals surface area (Å²) in [4.78, 5) is 18.6. The van der Waals surface area contributed by atoms with Gasteiger partial charge < -0.3 is 10.2 Å². The monoisotopic (exact) mass is 281 g/mol. The molecule has 2 heterocycles. The summed E-state index contributed by atoms with van der Waals surface area (Å²) < 4.78 is 0. The summed E-state index contributed by atoms with van der Waals surface area (Å²) in [6, 6.07) is 13.7. The number of para-hydroxylation sites is 1. The second kappa shape index (κ2) is 6.39. The molecule has 0 radical (unpaired) electrons. The van der Waals surface area contributed by atoms with Gasteiger partial charge in [0.05, 0.1) is 0 Å². The van der Waals surface area contributed by atoms with Gasteiger partial charge in [-0.25, -0.2) is 0 Å². The van der Waals surface area contributed by atoms with Gasteiger partial charge in [-0.15, -0.1) is 0 Å². The zero-order chi connectivity index (χ0) is 14.5. The molecule has 1 aromatic heterocycles. The maximum absolute atomic E-state index is 12.3. The molecule has 1 aliphatic rings. The Morgan fingerprint density at radius 2 is 1.71 bits per heavy atom. The van der Waals surface area contributed by atoms with Crippen molar-refractivity contribution in [2.24, 2.45) is 5.92 Å². The van der Waals surface area contributed by atoms with E-state index in [9.17, 15) is 4.79 Å². The number of pyridine rings is 1. The first-order valence-corrected chi connectivity index (χ1v) is 7.34. The molecule has 0 unspecified atom stereocenters. The normalized spacial score (nSPS) is 15.7. The highest BCUT2D eigenvalue weighted by Crippen LogP contribution is 2.23. The average molecular weight is 281 g/mol. The zero-order valence-corrected chi connectivity index (χ0v) is 11.9. The number of rotatable bonds is 3. The summed E-state index contributed by atoms with van der Waals surface area (Å²) in [5.41, 5.74) is 2.06. The summed E-state index contributed by atoms with van der Waals surface area (Å²) in [5, 5.41) is 3.00. The fourth-order valence-electron chi connectivity index (χ4n) is 2.72. The number of hydrogen-bond acceptors (Lipinski definition) is 3. The molecule has 1 fully saturated rings. The van der Waals surface area contributed by atoms with Gasteiger partial charge >= 0.3 is 0 Å². The number of piperidine rings is 1. The molecule has 21 heavy (non-hydrogen) atoms. The molecular formula is C17H19N3O. The molecule has 0 saturated carbocycles. The molecule has 1 N–H and O–H groups in total. The summed E-state index contributed by atoms with van der Waals surface area (Å²) in [6.07, 6.45) is 5.40. The van der Waals surface area contributed by atoms with Gasteiger partial charge in [0, 0.05) is 42.8 Å². The number of aromatic nitrogens is 1. The van der Waals surface area contributed by atoms with Crippen molar-refractivity contribution in [2.45, 2.75) is 12.8 Å². The number of benzene rings is 1. The number of carbonyl (C=O) groups is 1. The maximum Gasteiger partial charge on any atom is 0.227 e. The lowest BCUT2D eigenvalue weighted by atomic mass is 9.95. The summed E-state index contributed by atoms with van der Waals surface area (Å²) >= 11 is 0. The molecule has 0 spiro atoms. The molecule has 0 aliphatic carbocycles. The van der Waals surface area contributed by atoms with E-state index in [0.717, 1.165) is 31.6 Å². The van der Waals surface area contributed by atoms with E-state index in [0.29, 0.717) is 0 Å². The van der Waals surface area contributed by atoms with E-state index >= 15 is 0 Å². The molecule has 0 atom stereocenters. The Labute approximate surface area is 124 Å². The quantitative estimate of drug-likeness (QED) is 0.941. The van der Waals surface area contributed by atoms with Crippen molar-refractivity contribution in [3.8, 4) is 0 Å². The van der Waals surface area contributed by atoms with Gasteiger partial charge in [0.2, 0.25) is 5.91 Å². The van der Waals surface area contributed by atoms with Crippen LogP contribution in [0.1, 0.15) is 12.8 Å². The van der Waals surface area contributed by atoms with E-state index < -0.39 is 0 Å².